The molecule has 27 heavy (non-hydrogen) atoms. The third-order valence-electron chi connectivity index (χ3n) is 4.49. The first-order valence-corrected chi connectivity index (χ1v) is 8.65. The monoisotopic (exact) mass is 372 g/mol. The third-order valence-corrected chi connectivity index (χ3v) is 4.49. The largest absolute Gasteiger partial charge is 0.492 e. The van der Waals surface area contributed by atoms with Gasteiger partial charge in [0.25, 0.3) is 11.4 Å². The van der Waals surface area contributed by atoms with Gasteiger partial charge in [0.05, 0.1) is 28.2 Å². The lowest BCUT2D eigenvalue weighted by atomic mass is 10.2. The summed E-state index contributed by atoms with van der Waals surface area (Å²) >= 11 is 0. The van der Waals surface area contributed by atoms with Gasteiger partial charge in [-0.3, -0.25) is 20.2 Å². The number of benzene rings is 2. The Bertz CT molecular complexity index is 849. The van der Waals surface area contributed by atoms with Gasteiger partial charge in [-0.15, -0.1) is 0 Å². The molecule has 2 aromatic carbocycles. The van der Waals surface area contributed by atoms with Gasteiger partial charge in [0.1, 0.15) is 11.4 Å². The Morgan fingerprint density at radius 2 is 1.56 bits per heavy atom. The number of piperazine rings is 1. The van der Waals surface area contributed by atoms with E-state index in [1.165, 1.54) is 12.1 Å². The summed E-state index contributed by atoms with van der Waals surface area (Å²) in [4.78, 5) is 25.1. The van der Waals surface area contributed by atoms with Crippen molar-refractivity contribution in [3.05, 3.63) is 62.7 Å². The van der Waals surface area contributed by atoms with E-state index < -0.39 is 9.85 Å². The van der Waals surface area contributed by atoms with E-state index in [-0.39, 0.29) is 11.4 Å². The van der Waals surface area contributed by atoms with Crippen molar-refractivity contribution in [2.45, 2.75) is 6.92 Å². The first-order valence-electron chi connectivity index (χ1n) is 8.65. The van der Waals surface area contributed by atoms with Gasteiger partial charge in [0.15, 0.2) is 0 Å². The second-order valence-corrected chi connectivity index (χ2v) is 6.06. The SMILES string of the molecule is CCOc1ccccc1N1CCN(c2ccc([N+](=O)[O-])cc2[N+](=O)[O-])CC1. The maximum Gasteiger partial charge on any atom is 0.299 e. The number of rotatable bonds is 6. The molecule has 1 fully saturated rings. The van der Waals surface area contributed by atoms with Gasteiger partial charge in [-0.1, -0.05) is 12.1 Å². The van der Waals surface area contributed by atoms with Crippen molar-refractivity contribution < 1.29 is 14.6 Å². The van der Waals surface area contributed by atoms with Gasteiger partial charge < -0.3 is 14.5 Å². The highest BCUT2D eigenvalue weighted by atomic mass is 16.6. The summed E-state index contributed by atoms with van der Waals surface area (Å²) in [6.45, 7) is 4.98. The van der Waals surface area contributed by atoms with Gasteiger partial charge in [-0.25, -0.2) is 0 Å². The second kappa shape index (κ2) is 7.90. The molecule has 1 aliphatic heterocycles. The zero-order valence-corrected chi connectivity index (χ0v) is 14.9. The highest BCUT2D eigenvalue weighted by Crippen LogP contribution is 2.34. The van der Waals surface area contributed by atoms with E-state index in [1.807, 2.05) is 36.1 Å². The molecule has 0 N–H and O–H groups in total. The second-order valence-electron chi connectivity index (χ2n) is 6.06. The van der Waals surface area contributed by atoms with Crippen molar-refractivity contribution in [3.63, 3.8) is 0 Å². The van der Waals surface area contributed by atoms with E-state index in [2.05, 4.69) is 4.90 Å². The number of ether oxygens (including phenoxy) is 1. The van der Waals surface area contributed by atoms with Gasteiger partial charge in [-0.05, 0) is 25.1 Å². The molecule has 1 saturated heterocycles. The van der Waals surface area contributed by atoms with Crippen LogP contribution in [0.2, 0.25) is 0 Å². The summed E-state index contributed by atoms with van der Waals surface area (Å²) in [5.74, 6) is 0.815. The molecule has 142 valence electrons. The van der Waals surface area contributed by atoms with Crippen LogP contribution in [0.3, 0.4) is 0 Å². The molecule has 2 aromatic rings. The summed E-state index contributed by atoms with van der Waals surface area (Å²) in [6.07, 6.45) is 0. The lowest BCUT2D eigenvalue weighted by Gasteiger charge is -2.37. The van der Waals surface area contributed by atoms with E-state index >= 15 is 0 Å². The number of hydrogen-bond acceptors (Lipinski definition) is 7. The van der Waals surface area contributed by atoms with E-state index in [9.17, 15) is 20.2 Å². The lowest BCUT2D eigenvalue weighted by Crippen LogP contribution is -2.46. The van der Waals surface area contributed by atoms with Crippen molar-refractivity contribution in [1.82, 2.24) is 0 Å². The number of nitro groups is 2. The van der Waals surface area contributed by atoms with Crippen LogP contribution >= 0.6 is 0 Å². The summed E-state index contributed by atoms with van der Waals surface area (Å²) < 4.78 is 5.68. The molecule has 0 aliphatic carbocycles. The maximum absolute atomic E-state index is 11.4. The molecule has 0 saturated carbocycles. The van der Waals surface area contributed by atoms with Gasteiger partial charge in [-0.2, -0.15) is 0 Å². The zero-order chi connectivity index (χ0) is 19.4. The number of anilines is 2. The third kappa shape index (κ3) is 3.91. The number of nitro benzene ring substituents is 2. The van der Waals surface area contributed by atoms with Crippen LogP contribution in [0.5, 0.6) is 5.75 Å². The van der Waals surface area contributed by atoms with E-state index in [0.29, 0.717) is 38.5 Å². The molecule has 0 aromatic heterocycles. The van der Waals surface area contributed by atoms with Gasteiger partial charge >= 0.3 is 0 Å². The molecule has 1 heterocycles. The maximum atomic E-state index is 11.4. The minimum Gasteiger partial charge on any atom is -0.492 e. The Morgan fingerprint density at radius 3 is 2.15 bits per heavy atom. The van der Waals surface area contributed by atoms with Crippen LogP contribution in [0.25, 0.3) is 0 Å². The molecule has 1 aliphatic rings. The van der Waals surface area contributed by atoms with Crippen LogP contribution in [-0.4, -0.2) is 42.6 Å². The summed E-state index contributed by atoms with van der Waals surface area (Å²) in [5.41, 5.74) is 0.877. The molecule has 0 radical (unpaired) electrons. The highest BCUT2D eigenvalue weighted by molar-refractivity contribution is 5.68. The topological polar surface area (TPSA) is 102 Å². The first-order chi connectivity index (χ1) is 13.0. The minimum atomic E-state index is -0.626. The fourth-order valence-electron chi connectivity index (χ4n) is 3.22. The van der Waals surface area contributed by atoms with Crippen molar-refractivity contribution in [1.29, 1.82) is 0 Å². The Kier molecular flexibility index (Phi) is 5.39. The van der Waals surface area contributed by atoms with E-state index in [0.717, 1.165) is 17.5 Å². The van der Waals surface area contributed by atoms with Crippen LogP contribution in [0, 0.1) is 20.2 Å². The van der Waals surface area contributed by atoms with Crippen LogP contribution in [0.15, 0.2) is 42.5 Å². The average molecular weight is 372 g/mol. The molecule has 9 nitrogen and oxygen atoms in total. The van der Waals surface area contributed by atoms with E-state index in [4.69, 9.17) is 4.74 Å². The first kappa shape index (κ1) is 18.4. The molecule has 3 rings (SSSR count). The summed E-state index contributed by atoms with van der Waals surface area (Å²) in [5, 5.41) is 22.3. The van der Waals surface area contributed by atoms with Crippen molar-refractivity contribution in [2.24, 2.45) is 0 Å². The Balaban J connectivity index is 1.78. The minimum absolute atomic E-state index is 0.243. The Hall–Kier alpha value is -3.36. The number of non-ortho nitro benzene ring substituents is 1. The Morgan fingerprint density at radius 1 is 0.926 bits per heavy atom. The molecule has 0 unspecified atom stereocenters. The fourth-order valence-corrected chi connectivity index (χ4v) is 3.22. The van der Waals surface area contributed by atoms with Crippen LogP contribution in [0.4, 0.5) is 22.7 Å². The molecular weight excluding hydrogens is 352 g/mol. The number of hydrogen-bond donors (Lipinski definition) is 0. The highest BCUT2D eigenvalue weighted by Gasteiger charge is 2.27. The van der Waals surface area contributed by atoms with Crippen molar-refractivity contribution in [3.8, 4) is 5.75 Å². The van der Waals surface area contributed by atoms with Crippen molar-refractivity contribution in [2.75, 3.05) is 42.6 Å². The van der Waals surface area contributed by atoms with Crippen LogP contribution in [-0.2, 0) is 0 Å². The molecule has 0 atom stereocenters. The molecule has 0 spiro atoms. The molecule has 9 heteroatoms. The zero-order valence-electron chi connectivity index (χ0n) is 14.9. The number of para-hydroxylation sites is 2. The predicted molar refractivity (Wildman–Crippen MR) is 102 cm³/mol. The smallest absolute Gasteiger partial charge is 0.299 e. The van der Waals surface area contributed by atoms with E-state index in [1.54, 1.807) is 0 Å². The predicted octanol–water partition coefficient (Wildman–Crippen LogP) is 3.23. The number of nitrogens with zero attached hydrogens (tertiary/aromatic N) is 4. The van der Waals surface area contributed by atoms with Gasteiger partial charge in [0, 0.05) is 32.2 Å². The lowest BCUT2D eigenvalue weighted by molar-refractivity contribution is -0.393. The quantitative estimate of drug-likeness (QED) is 0.566. The fraction of sp³-hybridized carbons (Fsp3) is 0.333. The van der Waals surface area contributed by atoms with Crippen molar-refractivity contribution >= 4 is 22.7 Å². The molecule has 0 amide bonds. The summed E-state index contributed by atoms with van der Waals surface area (Å²) in [6, 6.07) is 11.6. The van der Waals surface area contributed by atoms with Crippen LogP contribution < -0.4 is 14.5 Å². The average Bonchev–Trinajstić information content (AvgIpc) is 2.68. The Labute approximate surface area is 156 Å². The molecular formula is C18H20N4O5. The van der Waals surface area contributed by atoms with Crippen LogP contribution in [0.1, 0.15) is 6.92 Å². The van der Waals surface area contributed by atoms with Gasteiger partial charge in [0.2, 0.25) is 0 Å². The standard InChI is InChI=1S/C18H20N4O5/c1-2-27-18-6-4-3-5-16(18)20-11-9-19(10-12-20)15-8-7-14(21(23)24)13-17(15)22(25)26/h3-8,13H,2,9-12H2,1H3. The molecule has 0 bridgehead atoms. The summed E-state index contributed by atoms with van der Waals surface area (Å²) in [7, 11) is 0. The normalized spacial score (nSPS) is 14.1.